The van der Waals surface area contributed by atoms with E-state index in [1.807, 2.05) is 13.0 Å². The van der Waals surface area contributed by atoms with Crippen LogP contribution in [0.4, 0.5) is 10.2 Å². The van der Waals surface area contributed by atoms with Crippen LogP contribution < -0.4 is 15.0 Å². The predicted molar refractivity (Wildman–Crippen MR) is 90.2 cm³/mol. The molecule has 25 heavy (non-hydrogen) atoms. The van der Waals surface area contributed by atoms with Crippen LogP contribution in [0.2, 0.25) is 0 Å². The molecule has 0 aromatic carbocycles. The van der Waals surface area contributed by atoms with E-state index in [9.17, 15) is 9.18 Å². The molecule has 2 aromatic heterocycles. The van der Waals surface area contributed by atoms with Gasteiger partial charge in [0.05, 0.1) is 24.0 Å². The number of nitrogens with zero attached hydrogens (tertiary/aromatic N) is 3. The number of carbonyl (C=O) groups excluding carboxylic acids is 1. The minimum Gasteiger partial charge on any atom is -0.489 e. The molecule has 0 atom stereocenters. The van der Waals surface area contributed by atoms with Crippen molar-refractivity contribution in [2.75, 3.05) is 18.0 Å². The molecule has 0 aliphatic carbocycles. The summed E-state index contributed by atoms with van der Waals surface area (Å²) in [6.07, 6.45) is 3.21. The van der Waals surface area contributed by atoms with E-state index in [0.717, 1.165) is 43.0 Å². The minimum absolute atomic E-state index is 0.0443. The maximum atomic E-state index is 12.9. The number of fused-ring (bicyclic) bond motifs is 1. The molecular formula is C18H19FN4O2. The summed E-state index contributed by atoms with van der Waals surface area (Å²) >= 11 is 0. The number of piperidine rings is 1. The molecule has 130 valence electrons. The van der Waals surface area contributed by atoms with E-state index in [1.165, 1.54) is 12.3 Å². The second-order valence-corrected chi connectivity index (χ2v) is 6.43. The third kappa shape index (κ3) is 3.14. The van der Waals surface area contributed by atoms with Crippen LogP contribution in [0.3, 0.4) is 0 Å². The average molecular weight is 342 g/mol. The van der Waals surface area contributed by atoms with Gasteiger partial charge in [-0.15, -0.1) is 0 Å². The maximum Gasteiger partial charge on any atom is 0.253 e. The van der Waals surface area contributed by atoms with Gasteiger partial charge in [0, 0.05) is 25.9 Å². The lowest BCUT2D eigenvalue weighted by Gasteiger charge is -2.33. The van der Waals surface area contributed by atoms with E-state index in [1.54, 1.807) is 6.07 Å². The van der Waals surface area contributed by atoms with E-state index < -0.39 is 5.95 Å². The van der Waals surface area contributed by atoms with Crippen molar-refractivity contribution >= 4 is 11.7 Å². The fourth-order valence-electron chi connectivity index (χ4n) is 3.36. The smallest absolute Gasteiger partial charge is 0.253 e. The van der Waals surface area contributed by atoms with Crippen LogP contribution in [0, 0.1) is 12.9 Å². The van der Waals surface area contributed by atoms with Crippen LogP contribution in [0.15, 0.2) is 24.4 Å². The number of nitrogens with one attached hydrogen (secondary N) is 1. The summed E-state index contributed by atoms with van der Waals surface area (Å²) in [4.78, 5) is 22.3. The Bertz CT molecular complexity index is 801. The number of hydrogen-bond donors (Lipinski definition) is 1. The van der Waals surface area contributed by atoms with Gasteiger partial charge in [-0.05, 0) is 30.7 Å². The maximum absolute atomic E-state index is 12.9. The van der Waals surface area contributed by atoms with Gasteiger partial charge in [0.15, 0.2) is 0 Å². The van der Waals surface area contributed by atoms with E-state index >= 15 is 0 Å². The number of aryl methyl sites for hydroxylation is 1. The zero-order valence-electron chi connectivity index (χ0n) is 14.0. The van der Waals surface area contributed by atoms with Gasteiger partial charge in [-0.2, -0.15) is 4.39 Å². The van der Waals surface area contributed by atoms with Crippen molar-refractivity contribution in [1.29, 1.82) is 0 Å². The quantitative estimate of drug-likeness (QED) is 0.867. The largest absolute Gasteiger partial charge is 0.489 e. The number of anilines is 1. The van der Waals surface area contributed by atoms with Crippen LogP contribution in [0.1, 0.15) is 34.5 Å². The molecule has 0 bridgehead atoms. The molecule has 2 aliphatic heterocycles. The van der Waals surface area contributed by atoms with Gasteiger partial charge in [-0.3, -0.25) is 4.79 Å². The fraction of sp³-hybridized carbons (Fsp3) is 0.389. The molecule has 6 nitrogen and oxygen atoms in total. The number of amides is 1. The van der Waals surface area contributed by atoms with Crippen LogP contribution in [-0.4, -0.2) is 35.1 Å². The summed E-state index contributed by atoms with van der Waals surface area (Å²) < 4.78 is 18.7. The van der Waals surface area contributed by atoms with E-state index in [4.69, 9.17) is 9.72 Å². The first-order valence-corrected chi connectivity index (χ1v) is 8.42. The van der Waals surface area contributed by atoms with E-state index in [2.05, 4.69) is 15.2 Å². The van der Waals surface area contributed by atoms with Gasteiger partial charge in [0.1, 0.15) is 17.7 Å². The van der Waals surface area contributed by atoms with Gasteiger partial charge in [-0.25, -0.2) is 9.97 Å². The van der Waals surface area contributed by atoms with Gasteiger partial charge in [0.2, 0.25) is 5.95 Å². The zero-order chi connectivity index (χ0) is 17.4. The first-order valence-electron chi connectivity index (χ1n) is 8.42. The highest BCUT2D eigenvalue weighted by molar-refractivity contribution is 5.98. The van der Waals surface area contributed by atoms with Crippen molar-refractivity contribution in [2.45, 2.75) is 32.4 Å². The van der Waals surface area contributed by atoms with Gasteiger partial charge in [0.25, 0.3) is 5.91 Å². The third-order valence-electron chi connectivity index (χ3n) is 4.67. The van der Waals surface area contributed by atoms with Gasteiger partial charge < -0.3 is 15.0 Å². The Morgan fingerprint density at radius 2 is 2.12 bits per heavy atom. The highest BCUT2D eigenvalue weighted by Crippen LogP contribution is 2.27. The Morgan fingerprint density at radius 1 is 1.32 bits per heavy atom. The molecule has 0 saturated carbocycles. The normalized spacial score (nSPS) is 17.4. The Morgan fingerprint density at radius 3 is 2.84 bits per heavy atom. The van der Waals surface area contributed by atoms with Gasteiger partial charge in [-0.1, -0.05) is 0 Å². The number of carbonyl (C=O) groups is 1. The molecule has 0 unspecified atom stereocenters. The zero-order valence-corrected chi connectivity index (χ0v) is 14.0. The summed E-state index contributed by atoms with van der Waals surface area (Å²) in [7, 11) is 0. The van der Waals surface area contributed by atoms with Crippen LogP contribution >= 0.6 is 0 Å². The Labute approximate surface area is 145 Å². The molecule has 0 spiro atoms. The molecular weight excluding hydrogens is 323 g/mol. The molecule has 2 aromatic rings. The molecule has 0 radical (unpaired) electrons. The molecule has 1 saturated heterocycles. The summed E-state index contributed by atoms with van der Waals surface area (Å²) in [5.74, 6) is 0.985. The van der Waals surface area contributed by atoms with Crippen molar-refractivity contribution in [3.05, 3.63) is 47.2 Å². The highest BCUT2D eigenvalue weighted by atomic mass is 19.1. The summed E-state index contributed by atoms with van der Waals surface area (Å²) in [6, 6.07) is 4.83. The van der Waals surface area contributed by atoms with Crippen LogP contribution in [-0.2, 0) is 6.54 Å². The average Bonchev–Trinajstić information content (AvgIpc) is 2.97. The number of ether oxygens (including phenoxy) is 1. The first-order chi connectivity index (χ1) is 12.1. The molecule has 2 aliphatic rings. The molecule has 1 amide bonds. The highest BCUT2D eigenvalue weighted by Gasteiger charge is 2.26. The molecule has 1 fully saturated rings. The number of hydrogen-bond acceptors (Lipinski definition) is 5. The number of halogens is 1. The molecule has 4 rings (SSSR count). The molecule has 1 N–H and O–H groups in total. The standard InChI is InChI=1S/C18H19FN4O2/c1-11-8-14-15(10-21-18(14)24)22-17(11)23-6-4-12(5-7-23)25-13-2-3-16(19)20-9-13/h2-3,8-9,12H,4-7,10H2,1H3,(H,21,24). The minimum atomic E-state index is -0.506. The SMILES string of the molecule is Cc1cc2c(nc1N1CCC(Oc3ccc(F)nc3)CC1)CNC2=O. The van der Waals surface area contributed by atoms with Crippen molar-refractivity contribution in [3.8, 4) is 5.75 Å². The monoisotopic (exact) mass is 342 g/mol. The second kappa shape index (κ2) is 6.31. The Kier molecular flexibility index (Phi) is 3.99. The van der Waals surface area contributed by atoms with E-state index in [0.29, 0.717) is 17.9 Å². The number of rotatable bonds is 3. The first kappa shape index (κ1) is 15.8. The van der Waals surface area contributed by atoms with Crippen molar-refractivity contribution < 1.29 is 13.9 Å². The second-order valence-electron chi connectivity index (χ2n) is 6.43. The summed E-state index contributed by atoms with van der Waals surface area (Å²) in [5, 5.41) is 2.81. The Hall–Kier alpha value is -2.70. The van der Waals surface area contributed by atoms with Crippen molar-refractivity contribution in [1.82, 2.24) is 15.3 Å². The van der Waals surface area contributed by atoms with Crippen LogP contribution in [0.5, 0.6) is 5.75 Å². The number of aromatic nitrogens is 2. The van der Waals surface area contributed by atoms with Crippen LogP contribution in [0.25, 0.3) is 0 Å². The lowest BCUT2D eigenvalue weighted by molar-refractivity contribution is 0.0965. The molecule has 4 heterocycles. The molecule has 7 heteroatoms. The lowest BCUT2D eigenvalue weighted by Crippen LogP contribution is -2.39. The van der Waals surface area contributed by atoms with Crippen molar-refractivity contribution in [2.24, 2.45) is 0 Å². The third-order valence-corrected chi connectivity index (χ3v) is 4.67. The summed E-state index contributed by atoms with van der Waals surface area (Å²) in [5.41, 5.74) is 2.52. The fourth-order valence-corrected chi connectivity index (χ4v) is 3.36. The predicted octanol–water partition coefficient (Wildman–Crippen LogP) is 2.22. The van der Waals surface area contributed by atoms with Crippen molar-refractivity contribution in [3.63, 3.8) is 0 Å². The number of pyridine rings is 2. The summed E-state index contributed by atoms with van der Waals surface area (Å²) in [6.45, 7) is 4.14. The Balaban J connectivity index is 1.42. The topological polar surface area (TPSA) is 67.3 Å². The van der Waals surface area contributed by atoms with E-state index in [-0.39, 0.29) is 12.0 Å². The lowest BCUT2D eigenvalue weighted by atomic mass is 10.1. The van der Waals surface area contributed by atoms with Gasteiger partial charge >= 0.3 is 0 Å².